The summed E-state index contributed by atoms with van der Waals surface area (Å²) in [4.78, 5) is 20.8. The Labute approximate surface area is 196 Å². The Hall–Kier alpha value is -2.35. The number of amides is 1. The second-order valence-electron chi connectivity index (χ2n) is 8.85. The van der Waals surface area contributed by atoms with Crippen LogP contribution in [0.2, 0.25) is 0 Å². The van der Waals surface area contributed by atoms with Gasteiger partial charge in [-0.05, 0) is 54.5 Å². The van der Waals surface area contributed by atoms with E-state index >= 15 is 0 Å². The number of rotatable bonds is 4. The van der Waals surface area contributed by atoms with Crippen molar-refractivity contribution >= 4 is 50.7 Å². The van der Waals surface area contributed by atoms with Crippen LogP contribution in [0.5, 0.6) is 0 Å². The zero-order chi connectivity index (χ0) is 22.3. The third kappa shape index (κ3) is 4.10. The van der Waals surface area contributed by atoms with E-state index in [4.69, 9.17) is 0 Å². The first kappa shape index (κ1) is 21.9. The average molecular weight is 531 g/mol. The number of halogens is 2. The van der Waals surface area contributed by atoms with Crippen LogP contribution in [0, 0.1) is 5.82 Å². The van der Waals surface area contributed by atoms with Gasteiger partial charge in [-0.2, -0.15) is 0 Å². The second kappa shape index (κ2) is 8.30. The highest BCUT2D eigenvalue weighted by Crippen LogP contribution is 2.40. The lowest BCUT2D eigenvalue weighted by atomic mass is 9.82. The topological polar surface area (TPSA) is 39.3 Å². The Morgan fingerprint density at radius 1 is 1.23 bits per heavy atom. The number of fused-ring (bicyclic) bond motifs is 3. The summed E-state index contributed by atoms with van der Waals surface area (Å²) >= 11 is 2.39. The lowest BCUT2D eigenvalue weighted by Crippen LogP contribution is -2.36. The predicted molar refractivity (Wildman–Crippen MR) is 135 cm³/mol. The molecule has 31 heavy (non-hydrogen) atoms. The van der Waals surface area contributed by atoms with Gasteiger partial charge in [0.2, 0.25) is 0 Å². The minimum atomic E-state index is -0.343. The smallest absolute Gasteiger partial charge is 0.257 e. The number of nitrogens with one attached hydrogen (secondary N) is 1. The maximum absolute atomic E-state index is 13.3. The van der Waals surface area contributed by atoms with E-state index in [1.807, 2.05) is 13.1 Å². The molecule has 1 N–H and O–H groups in total. The molecule has 0 saturated carbocycles. The summed E-state index contributed by atoms with van der Waals surface area (Å²) in [6, 6.07) is 12.3. The van der Waals surface area contributed by atoms with E-state index in [0.29, 0.717) is 12.1 Å². The summed E-state index contributed by atoms with van der Waals surface area (Å²) in [5, 5.41) is 1.19. The van der Waals surface area contributed by atoms with Crippen molar-refractivity contribution in [1.29, 1.82) is 0 Å². The standard InChI is InChI=1S/C25H27FIN3O/c1-16-14-30(24(31)17-5-7-18(26)8-6-17)15-25(2,3)22-20-10-9-19(29(4)12-11-27)13-21(20)28-23(16)22/h5-10,13-14,28H,11-12,15H2,1-4H3. The van der Waals surface area contributed by atoms with Crippen LogP contribution in [-0.2, 0) is 5.41 Å². The van der Waals surface area contributed by atoms with Crippen molar-refractivity contribution < 1.29 is 9.18 Å². The number of nitrogens with zero attached hydrogens (tertiary/aromatic N) is 2. The van der Waals surface area contributed by atoms with E-state index in [2.05, 4.69) is 71.6 Å². The van der Waals surface area contributed by atoms with Gasteiger partial charge in [-0.25, -0.2) is 4.39 Å². The summed E-state index contributed by atoms with van der Waals surface area (Å²) in [5.74, 6) is -0.464. The zero-order valence-electron chi connectivity index (χ0n) is 18.3. The van der Waals surface area contributed by atoms with Gasteiger partial charge in [0.25, 0.3) is 5.91 Å². The number of hydrogen-bond acceptors (Lipinski definition) is 2. The van der Waals surface area contributed by atoms with Gasteiger partial charge in [-0.15, -0.1) is 0 Å². The Kier molecular flexibility index (Phi) is 5.85. The molecule has 0 radical (unpaired) electrons. The Morgan fingerprint density at radius 3 is 2.61 bits per heavy atom. The highest BCUT2D eigenvalue weighted by atomic mass is 127. The van der Waals surface area contributed by atoms with Crippen LogP contribution in [0.25, 0.3) is 16.5 Å². The molecule has 0 atom stereocenters. The number of benzene rings is 2. The van der Waals surface area contributed by atoms with E-state index in [9.17, 15) is 9.18 Å². The van der Waals surface area contributed by atoms with Crippen molar-refractivity contribution in [3.63, 3.8) is 0 Å². The molecule has 162 valence electrons. The molecule has 0 unspecified atom stereocenters. The lowest BCUT2D eigenvalue weighted by Gasteiger charge is -2.30. The van der Waals surface area contributed by atoms with Crippen LogP contribution in [0.3, 0.4) is 0 Å². The van der Waals surface area contributed by atoms with Crippen molar-refractivity contribution in [1.82, 2.24) is 9.88 Å². The molecule has 1 aliphatic rings. The number of alkyl halides is 1. The molecule has 3 aromatic rings. The van der Waals surface area contributed by atoms with E-state index < -0.39 is 0 Å². The summed E-state index contributed by atoms with van der Waals surface area (Å²) in [6.45, 7) is 7.91. The van der Waals surface area contributed by atoms with Crippen LogP contribution in [-0.4, -0.2) is 40.4 Å². The number of carbonyl (C=O) groups is 1. The number of anilines is 1. The molecule has 0 aliphatic carbocycles. The zero-order valence-corrected chi connectivity index (χ0v) is 20.5. The van der Waals surface area contributed by atoms with Crippen molar-refractivity contribution in [3.05, 3.63) is 71.3 Å². The fourth-order valence-corrected chi connectivity index (χ4v) is 5.14. The van der Waals surface area contributed by atoms with E-state index in [0.717, 1.165) is 27.8 Å². The molecule has 0 fully saturated rings. The normalized spacial score (nSPS) is 15.4. The van der Waals surface area contributed by atoms with Gasteiger partial charge in [-0.3, -0.25) is 4.79 Å². The Morgan fingerprint density at radius 2 is 1.94 bits per heavy atom. The fraction of sp³-hybridized carbons (Fsp3) is 0.320. The minimum Gasteiger partial charge on any atom is -0.374 e. The Bertz CT molecular complexity index is 1160. The molecule has 2 heterocycles. The predicted octanol–water partition coefficient (Wildman–Crippen LogP) is 5.97. The third-order valence-electron chi connectivity index (χ3n) is 5.98. The van der Waals surface area contributed by atoms with Crippen LogP contribution in [0.1, 0.15) is 42.4 Å². The fourth-order valence-electron chi connectivity index (χ4n) is 4.42. The molecular formula is C25H27FIN3O. The molecule has 0 spiro atoms. The van der Waals surface area contributed by atoms with E-state index in [1.165, 1.54) is 28.8 Å². The monoisotopic (exact) mass is 531 g/mol. The summed E-state index contributed by atoms with van der Waals surface area (Å²) in [6.07, 6.45) is 1.91. The number of aromatic amines is 1. The first-order chi connectivity index (χ1) is 14.7. The number of aromatic nitrogens is 1. The number of hydrogen-bond donors (Lipinski definition) is 1. The van der Waals surface area contributed by atoms with Crippen molar-refractivity contribution in [3.8, 4) is 0 Å². The maximum atomic E-state index is 13.3. The summed E-state index contributed by atoms with van der Waals surface area (Å²) < 4.78 is 14.4. The summed E-state index contributed by atoms with van der Waals surface area (Å²) in [7, 11) is 2.11. The van der Waals surface area contributed by atoms with E-state index in [-0.39, 0.29) is 17.1 Å². The minimum absolute atomic E-state index is 0.121. The number of H-pyrrole nitrogens is 1. The van der Waals surface area contributed by atoms with Crippen molar-refractivity contribution in [2.45, 2.75) is 26.2 Å². The van der Waals surface area contributed by atoms with Crippen LogP contribution < -0.4 is 4.90 Å². The highest BCUT2D eigenvalue weighted by molar-refractivity contribution is 14.1. The molecule has 1 aliphatic heterocycles. The first-order valence-corrected chi connectivity index (χ1v) is 11.9. The third-order valence-corrected chi connectivity index (χ3v) is 6.46. The second-order valence-corrected chi connectivity index (χ2v) is 9.93. The van der Waals surface area contributed by atoms with Crippen LogP contribution in [0.4, 0.5) is 10.1 Å². The number of allylic oxidation sites excluding steroid dienone is 1. The molecule has 4 rings (SSSR count). The van der Waals surface area contributed by atoms with Gasteiger partial charge in [0.15, 0.2) is 0 Å². The van der Waals surface area contributed by atoms with E-state index in [1.54, 1.807) is 17.0 Å². The van der Waals surface area contributed by atoms with Gasteiger partial charge in [-0.1, -0.05) is 42.5 Å². The van der Waals surface area contributed by atoms with Crippen LogP contribution in [0.15, 0.2) is 48.7 Å². The molecule has 0 saturated heterocycles. The molecule has 1 aromatic heterocycles. The Balaban J connectivity index is 1.76. The number of carbonyl (C=O) groups excluding carboxylic acids is 1. The molecule has 1 amide bonds. The van der Waals surface area contributed by atoms with Gasteiger partial charge in [0.1, 0.15) is 5.82 Å². The van der Waals surface area contributed by atoms with Crippen molar-refractivity contribution in [2.24, 2.45) is 0 Å². The van der Waals surface area contributed by atoms with Crippen LogP contribution >= 0.6 is 22.6 Å². The highest BCUT2D eigenvalue weighted by Gasteiger charge is 2.34. The van der Waals surface area contributed by atoms with Gasteiger partial charge in [0.05, 0.1) is 0 Å². The molecule has 6 heteroatoms. The first-order valence-electron chi connectivity index (χ1n) is 10.4. The largest absolute Gasteiger partial charge is 0.374 e. The SMILES string of the molecule is CC1=CN(C(=O)c2ccc(F)cc2)CC(C)(C)c2c1[nH]c1cc(N(C)CCI)ccc21. The maximum Gasteiger partial charge on any atom is 0.257 e. The van der Waals surface area contributed by atoms with Gasteiger partial charge in [0, 0.05) is 64.0 Å². The average Bonchev–Trinajstić information content (AvgIpc) is 3.09. The van der Waals surface area contributed by atoms with Gasteiger partial charge >= 0.3 is 0 Å². The lowest BCUT2D eigenvalue weighted by molar-refractivity contribution is 0.0801. The molecule has 0 bridgehead atoms. The molecule has 2 aromatic carbocycles. The quantitative estimate of drug-likeness (QED) is 0.333. The molecular weight excluding hydrogens is 504 g/mol. The summed E-state index contributed by atoms with van der Waals surface area (Å²) in [5.41, 5.74) is 5.83. The molecule has 4 nitrogen and oxygen atoms in total. The van der Waals surface area contributed by atoms with Crippen molar-refractivity contribution in [2.75, 3.05) is 29.5 Å². The van der Waals surface area contributed by atoms with Gasteiger partial charge < -0.3 is 14.8 Å².